The smallest absolute Gasteiger partial charge is 0.191 e. The van der Waals surface area contributed by atoms with Gasteiger partial charge in [-0.2, -0.15) is 0 Å². The number of pyridine rings is 1. The predicted octanol–water partition coefficient (Wildman–Crippen LogP) is 3.15. The van der Waals surface area contributed by atoms with Gasteiger partial charge in [0.2, 0.25) is 0 Å². The van der Waals surface area contributed by atoms with E-state index in [0.29, 0.717) is 35.5 Å². The van der Waals surface area contributed by atoms with Crippen molar-refractivity contribution in [2.45, 2.75) is 25.9 Å². The number of nitrogens with zero attached hydrogens (tertiary/aromatic N) is 2. The molecule has 0 aromatic carbocycles. The largest absolute Gasteiger partial charge is 0.376 e. The Kier molecular flexibility index (Phi) is 10.7. The third kappa shape index (κ3) is 7.58. The van der Waals surface area contributed by atoms with Crippen molar-refractivity contribution >= 4 is 59.0 Å². The minimum atomic E-state index is 0. The zero-order valence-corrected chi connectivity index (χ0v) is 17.5. The Balaban J connectivity index is 0.00000288. The van der Waals surface area contributed by atoms with Crippen molar-refractivity contribution in [3.63, 3.8) is 0 Å². The van der Waals surface area contributed by atoms with Crippen molar-refractivity contribution in [1.29, 1.82) is 0 Å². The van der Waals surface area contributed by atoms with Gasteiger partial charge in [-0.25, -0.2) is 4.98 Å². The topological polar surface area (TPSA) is 70.6 Å². The van der Waals surface area contributed by atoms with Gasteiger partial charge in [0.05, 0.1) is 22.7 Å². The van der Waals surface area contributed by atoms with Gasteiger partial charge in [-0.05, 0) is 25.8 Å². The van der Waals surface area contributed by atoms with Crippen LogP contribution in [0.25, 0.3) is 0 Å². The van der Waals surface area contributed by atoms with Crippen LogP contribution in [0.1, 0.15) is 19.8 Å². The summed E-state index contributed by atoms with van der Waals surface area (Å²) >= 11 is 11.9. The first kappa shape index (κ1) is 21.5. The molecule has 6 nitrogen and oxygen atoms in total. The monoisotopic (exact) mass is 487 g/mol. The molecule has 0 aliphatic carbocycles. The SMILES string of the molecule is CCNC(=NCC1CCCO1)NCCNc1ncc(Cl)cc1Cl.I. The second kappa shape index (κ2) is 11.9. The number of aliphatic imine (C=N–C) groups is 1. The highest BCUT2D eigenvalue weighted by Crippen LogP contribution is 2.21. The number of ether oxygens (including phenoxy) is 1. The maximum Gasteiger partial charge on any atom is 0.191 e. The molecule has 1 aliphatic rings. The fourth-order valence-electron chi connectivity index (χ4n) is 2.23. The van der Waals surface area contributed by atoms with Crippen LogP contribution < -0.4 is 16.0 Å². The number of hydrogen-bond donors (Lipinski definition) is 3. The van der Waals surface area contributed by atoms with Gasteiger partial charge in [-0.3, -0.25) is 4.99 Å². The van der Waals surface area contributed by atoms with Gasteiger partial charge in [-0.15, -0.1) is 24.0 Å². The van der Waals surface area contributed by atoms with Crippen LogP contribution in [0, 0.1) is 0 Å². The van der Waals surface area contributed by atoms with Crippen LogP contribution in [0.2, 0.25) is 10.0 Å². The second-order valence-corrected chi connectivity index (χ2v) is 6.04. The molecule has 0 radical (unpaired) electrons. The molecule has 2 heterocycles. The van der Waals surface area contributed by atoms with Crippen molar-refractivity contribution in [2.24, 2.45) is 4.99 Å². The number of rotatable bonds is 7. The first-order valence-electron chi connectivity index (χ1n) is 7.87. The summed E-state index contributed by atoms with van der Waals surface area (Å²) in [4.78, 5) is 8.71. The minimum Gasteiger partial charge on any atom is -0.376 e. The number of guanidine groups is 1. The molecule has 1 atom stereocenters. The average molecular weight is 488 g/mol. The van der Waals surface area contributed by atoms with E-state index in [1.807, 2.05) is 6.92 Å². The molecule has 1 unspecified atom stereocenters. The van der Waals surface area contributed by atoms with Gasteiger partial charge in [-0.1, -0.05) is 23.2 Å². The molecule has 1 saturated heterocycles. The lowest BCUT2D eigenvalue weighted by Crippen LogP contribution is -2.40. The molecule has 0 bridgehead atoms. The van der Waals surface area contributed by atoms with Gasteiger partial charge in [0.1, 0.15) is 5.82 Å². The zero-order valence-electron chi connectivity index (χ0n) is 13.6. The average Bonchev–Trinajstić information content (AvgIpc) is 3.04. The second-order valence-electron chi connectivity index (χ2n) is 5.19. The van der Waals surface area contributed by atoms with Crippen LogP contribution >= 0.6 is 47.2 Å². The quantitative estimate of drug-likeness (QED) is 0.238. The summed E-state index contributed by atoms with van der Waals surface area (Å²) in [6.07, 6.45) is 4.03. The van der Waals surface area contributed by atoms with E-state index in [-0.39, 0.29) is 30.1 Å². The van der Waals surface area contributed by atoms with Crippen molar-refractivity contribution in [1.82, 2.24) is 15.6 Å². The number of halogens is 3. The van der Waals surface area contributed by atoms with E-state index in [0.717, 1.165) is 32.0 Å². The Bertz CT molecular complexity index is 527. The summed E-state index contributed by atoms with van der Waals surface area (Å²) in [5.41, 5.74) is 0. The highest BCUT2D eigenvalue weighted by Gasteiger charge is 2.14. The highest BCUT2D eigenvalue weighted by atomic mass is 127. The van der Waals surface area contributed by atoms with Crippen LogP contribution in [0.4, 0.5) is 5.82 Å². The molecular formula is C15H24Cl2IN5O. The molecular weight excluding hydrogens is 464 g/mol. The van der Waals surface area contributed by atoms with E-state index in [1.54, 1.807) is 12.3 Å². The Hall–Kier alpha value is -0.510. The van der Waals surface area contributed by atoms with Crippen LogP contribution in [-0.2, 0) is 4.74 Å². The summed E-state index contributed by atoms with van der Waals surface area (Å²) in [6, 6.07) is 1.67. The van der Waals surface area contributed by atoms with Gasteiger partial charge < -0.3 is 20.7 Å². The molecule has 2 rings (SSSR count). The number of hydrogen-bond acceptors (Lipinski definition) is 4. The summed E-state index contributed by atoms with van der Waals surface area (Å²) < 4.78 is 5.58. The van der Waals surface area contributed by atoms with Gasteiger partial charge in [0, 0.05) is 32.4 Å². The predicted molar refractivity (Wildman–Crippen MR) is 111 cm³/mol. The lowest BCUT2D eigenvalue weighted by atomic mass is 10.2. The summed E-state index contributed by atoms with van der Waals surface area (Å²) in [6.45, 7) is 5.75. The fraction of sp³-hybridized carbons (Fsp3) is 0.600. The van der Waals surface area contributed by atoms with E-state index < -0.39 is 0 Å². The Labute approximate surface area is 170 Å². The summed E-state index contributed by atoms with van der Waals surface area (Å²) in [7, 11) is 0. The molecule has 9 heteroatoms. The van der Waals surface area contributed by atoms with E-state index in [1.165, 1.54) is 0 Å². The van der Waals surface area contributed by atoms with Crippen LogP contribution in [0.5, 0.6) is 0 Å². The maximum absolute atomic E-state index is 6.06. The van der Waals surface area contributed by atoms with E-state index in [2.05, 4.69) is 25.9 Å². The normalized spacial score (nSPS) is 17.3. The number of nitrogens with one attached hydrogen (secondary N) is 3. The van der Waals surface area contributed by atoms with Gasteiger partial charge >= 0.3 is 0 Å². The molecule has 0 saturated carbocycles. The molecule has 0 amide bonds. The number of aromatic nitrogens is 1. The Morgan fingerprint density at radius 1 is 1.38 bits per heavy atom. The van der Waals surface area contributed by atoms with Gasteiger partial charge in [0.25, 0.3) is 0 Å². The van der Waals surface area contributed by atoms with Crippen molar-refractivity contribution in [3.8, 4) is 0 Å². The van der Waals surface area contributed by atoms with Crippen LogP contribution in [-0.4, -0.2) is 49.8 Å². The van der Waals surface area contributed by atoms with Crippen molar-refractivity contribution in [3.05, 3.63) is 22.3 Å². The summed E-state index contributed by atoms with van der Waals surface area (Å²) in [5, 5.41) is 10.7. The molecule has 3 N–H and O–H groups in total. The third-order valence-electron chi connectivity index (χ3n) is 3.34. The highest BCUT2D eigenvalue weighted by molar-refractivity contribution is 14.0. The molecule has 136 valence electrons. The molecule has 1 fully saturated rings. The Morgan fingerprint density at radius 2 is 2.21 bits per heavy atom. The molecule has 0 spiro atoms. The van der Waals surface area contributed by atoms with Crippen LogP contribution in [0.3, 0.4) is 0 Å². The molecule has 1 aliphatic heterocycles. The molecule has 1 aromatic heterocycles. The summed E-state index contributed by atoms with van der Waals surface area (Å²) in [5.74, 6) is 1.42. The molecule has 1 aromatic rings. The standard InChI is InChI=1S/C15H23Cl2N5O.HI/c1-2-18-15(22-10-12-4-3-7-23-12)20-6-5-19-14-13(17)8-11(16)9-21-14;/h8-9,12H,2-7,10H2,1H3,(H,19,21)(H2,18,20,22);1H. The van der Waals surface area contributed by atoms with E-state index in [9.17, 15) is 0 Å². The minimum absolute atomic E-state index is 0. The maximum atomic E-state index is 6.06. The first-order valence-corrected chi connectivity index (χ1v) is 8.63. The zero-order chi connectivity index (χ0) is 16.5. The molecule has 24 heavy (non-hydrogen) atoms. The van der Waals surface area contributed by atoms with Crippen molar-refractivity contribution < 1.29 is 4.74 Å². The van der Waals surface area contributed by atoms with Crippen molar-refractivity contribution in [2.75, 3.05) is 38.1 Å². The lowest BCUT2D eigenvalue weighted by Gasteiger charge is -2.13. The lowest BCUT2D eigenvalue weighted by molar-refractivity contribution is 0.117. The third-order valence-corrected chi connectivity index (χ3v) is 3.83. The first-order chi connectivity index (χ1) is 11.2. The van der Waals surface area contributed by atoms with Crippen LogP contribution in [0.15, 0.2) is 17.3 Å². The Morgan fingerprint density at radius 3 is 2.88 bits per heavy atom. The van der Waals surface area contributed by atoms with E-state index in [4.69, 9.17) is 27.9 Å². The van der Waals surface area contributed by atoms with Gasteiger partial charge in [0.15, 0.2) is 5.96 Å². The van der Waals surface area contributed by atoms with E-state index >= 15 is 0 Å². The number of anilines is 1. The fourth-order valence-corrected chi connectivity index (χ4v) is 2.68.